The van der Waals surface area contributed by atoms with Crippen molar-refractivity contribution in [1.29, 1.82) is 0 Å². The minimum Gasteiger partial charge on any atom is -0.388 e. The summed E-state index contributed by atoms with van der Waals surface area (Å²) in [4.78, 5) is 2.65. The van der Waals surface area contributed by atoms with Gasteiger partial charge in [-0.25, -0.2) is 0 Å². The molecule has 0 saturated heterocycles. The summed E-state index contributed by atoms with van der Waals surface area (Å²) >= 11 is 1.81. The van der Waals surface area contributed by atoms with Crippen molar-refractivity contribution in [3.8, 4) is 0 Å². The molecule has 2 rings (SSSR count). The Morgan fingerprint density at radius 3 is 2.50 bits per heavy atom. The molecule has 1 aromatic carbocycles. The van der Waals surface area contributed by atoms with Crippen LogP contribution in [-0.4, -0.2) is 5.11 Å². The topological polar surface area (TPSA) is 20.2 Å². The van der Waals surface area contributed by atoms with E-state index in [4.69, 9.17) is 0 Å². The molecule has 1 aromatic heterocycles. The minimum absolute atomic E-state index is 0.395. The highest BCUT2D eigenvalue weighted by atomic mass is 32.1. The number of aliphatic hydroxyl groups excluding tert-OH is 1. The second kappa shape index (κ2) is 5.68. The number of hydrogen-bond acceptors (Lipinski definition) is 2. The molecule has 96 valence electrons. The van der Waals surface area contributed by atoms with E-state index < -0.39 is 6.10 Å². The van der Waals surface area contributed by atoms with Gasteiger partial charge in [0, 0.05) is 16.2 Å². The zero-order chi connectivity index (χ0) is 13.1. The molecule has 0 aliphatic carbocycles. The lowest BCUT2D eigenvalue weighted by Gasteiger charge is -2.13. The Bertz CT molecular complexity index is 528. The van der Waals surface area contributed by atoms with E-state index in [0.29, 0.717) is 0 Å². The van der Waals surface area contributed by atoms with E-state index in [9.17, 15) is 5.11 Å². The van der Waals surface area contributed by atoms with Crippen molar-refractivity contribution in [3.63, 3.8) is 0 Å². The van der Waals surface area contributed by atoms with Gasteiger partial charge in [-0.05, 0) is 43.5 Å². The van der Waals surface area contributed by atoms with Crippen molar-refractivity contribution in [2.45, 2.75) is 39.7 Å². The largest absolute Gasteiger partial charge is 0.388 e. The summed E-state index contributed by atoms with van der Waals surface area (Å²) in [5.41, 5.74) is 3.43. The Morgan fingerprint density at radius 1 is 1.11 bits per heavy atom. The first-order chi connectivity index (χ1) is 8.60. The van der Waals surface area contributed by atoms with Crippen LogP contribution in [0.5, 0.6) is 0 Å². The smallest absolute Gasteiger partial charge is 0.0840 e. The fraction of sp³-hybridized carbons (Fsp3) is 0.375. The second-order valence-corrected chi connectivity index (χ2v) is 6.05. The van der Waals surface area contributed by atoms with Gasteiger partial charge in [0.15, 0.2) is 0 Å². The Balaban J connectivity index is 2.16. The molecule has 0 saturated carbocycles. The second-order valence-electron chi connectivity index (χ2n) is 4.80. The Labute approximate surface area is 113 Å². The van der Waals surface area contributed by atoms with Crippen LogP contribution in [0.15, 0.2) is 30.3 Å². The summed E-state index contributed by atoms with van der Waals surface area (Å²) in [6.07, 6.45) is 1.40. The van der Waals surface area contributed by atoms with Crippen molar-refractivity contribution in [2.75, 3.05) is 0 Å². The Kier molecular flexibility index (Phi) is 4.20. The van der Waals surface area contributed by atoms with Gasteiger partial charge in [-0.3, -0.25) is 0 Å². The van der Waals surface area contributed by atoms with Gasteiger partial charge < -0.3 is 5.11 Å². The van der Waals surface area contributed by atoms with E-state index in [2.05, 4.69) is 51.1 Å². The van der Waals surface area contributed by atoms with Crippen molar-refractivity contribution in [3.05, 3.63) is 56.8 Å². The Hall–Kier alpha value is -1.12. The quantitative estimate of drug-likeness (QED) is 0.873. The van der Waals surface area contributed by atoms with Gasteiger partial charge in [0.05, 0.1) is 6.10 Å². The van der Waals surface area contributed by atoms with Gasteiger partial charge in [-0.15, -0.1) is 11.3 Å². The fourth-order valence-corrected chi connectivity index (χ4v) is 3.14. The molecule has 0 amide bonds. The minimum atomic E-state index is -0.395. The summed E-state index contributed by atoms with van der Waals surface area (Å²) in [7, 11) is 0. The highest BCUT2D eigenvalue weighted by Gasteiger charge is 2.12. The molecular weight excluding hydrogens is 240 g/mol. The molecule has 2 heteroatoms. The standard InChI is InChI=1S/C16H20OS/c1-4-13-7-8-14(18-13)10-16(17)15-9-11(2)5-6-12(15)3/h5-9,16-17H,4,10H2,1-3H3. The maximum absolute atomic E-state index is 10.4. The third-order valence-corrected chi connectivity index (χ3v) is 4.51. The van der Waals surface area contributed by atoms with Crippen LogP contribution in [0.3, 0.4) is 0 Å². The molecule has 0 radical (unpaired) electrons. The van der Waals surface area contributed by atoms with Crippen LogP contribution in [0.25, 0.3) is 0 Å². The third kappa shape index (κ3) is 3.01. The lowest BCUT2D eigenvalue weighted by atomic mass is 9.98. The SMILES string of the molecule is CCc1ccc(CC(O)c2cc(C)ccc2C)s1. The number of benzene rings is 1. The maximum Gasteiger partial charge on any atom is 0.0840 e. The van der Waals surface area contributed by atoms with Crippen molar-refractivity contribution >= 4 is 11.3 Å². The van der Waals surface area contributed by atoms with E-state index >= 15 is 0 Å². The molecule has 1 nitrogen and oxygen atoms in total. The van der Waals surface area contributed by atoms with Crippen molar-refractivity contribution in [2.24, 2.45) is 0 Å². The average molecular weight is 260 g/mol. The molecule has 18 heavy (non-hydrogen) atoms. The van der Waals surface area contributed by atoms with Crippen LogP contribution in [-0.2, 0) is 12.8 Å². The molecule has 2 aromatic rings. The van der Waals surface area contributed by atoms with Gasteiger partial charge in [0.25, 0.3) is 0 Å². The Morgan fingerprint density at radius 2 is 1.83 bits per heavy atom. The molecule has 1 heterocycles. The van der Waals surface area contributed by atoms with E-state index in [1.165, 1.54) is 20.9 Å². The highest BCUT2D eigenvalue weighted by molar-refractivity contribution is 7.11. The predicted octanol–water partition coefficient (Wildman–Crippen LogP) is 4.20. The molecular formula is C16H20OS. The van der Waals surface area contributed by atoms with Gasteiger partial charge >= 0.3 is 0 Å². The highest BCUT2D eigenvalue weighted by Crippen LogP contribution is 2.26. The number of rotatable bonds is 4. The van der Waals surface area contributed by atoms with E-state index in [1.54, 1.807) is 11.3 Å². The molecule has 1 unspecified atom stereocenters. The molecule has 1 N–H and O–H groups in total. The van der Waals surface area contributed by atoms with Crippen LogP contribution in [0.1, 0.15) is 39.5 Å². The zero-order valence-corrected chi connectivity index (χ0v) is 12.1. The van der Waals surface area contributed by atoms with E-state index in [1.807, 2.05) is 0 Å². The van der Waals surface area contributed by atoms with E-state index in [-0.39, 0.29) is 0 Å². The maximum atomic E-state index is 10.4. The van der Waals surface area contributed by atoms with Gasteiger partial charge in [0.1, 0.15) is 0 Å². The molecule has 0 aliphatic rings. The lowest BCUT2D eigenvalue weighted by molar-refractivity contribution is 0.178. The van der Waals surface area contributed by atoms with Crippen LogP contribution in [0, 0.1) is 13.8 Å². The normalized spacial score (nSPS) is 12.7. The summed E-state index contributed by atoms with van der Waals surface area (Å²) in [5, 5.41) is 10.4. The molecule has 0 bridgehead atoms. The number of aliphatic hydroxyl groups is 1. The van der Waals surface area contributed by atoms with Crippen LogP contribution >= 0.6 is 11.3 Å². The summed E-state index contributed by atoms with van der Waals surface area (Å²) in [6, 6.07) is 10.6. The third-order valence-electron chi connectivity index (χ3n) is 3.25. The first-order valence-electron chi connectivity index (χ1n) is 6.43. The summed E-state index contributed by atoms with van der Waals surface area (Å²) < 4.78 is 0. The summed E-state index contributed by atoms with van der Waals surface area (Å²) in [6.45, 7) is 6.29. The van der Waals surface area contributed by atoms with Crippen molar-refractivity contribution < 1.29 is 5.11 Å². The zero-order valence-electron chi connectivity index (χ0n) is 11.2. The van der Waals surface area contributed by atoms with Gasteiger partial charge in [0.2, 0.25) is 0 Å². The lowest BCUT2D eigenvalue weighted by Crippen LogP contribution is -2.03. The monoisotopic (exact) mass is 260 g/mol. The van der Waals surface area contributed by atoms with Gasteiger partial charge in [-0.2, -0.15) is 0 Å². The summed E-state index contributed by atoms with van der Waals surface area (Å²) in [5.74, 6) is 0. The number of aryl methyl sites for hydroxylation is 3. The molecule has 0 spiro atoms. The fourth-order valence-electron chi connectivity index (χ4n) is 2.14. The molecule has 0 fully saturated rings. The molecule has 1 atom stereocenters. The van der Waals surface area contributed by atoms with Gasteiger partial charge in [-0.1, -0.05) is 30.7 Å². The van der Waals surface area contributed by atoms with Crippen LogP contribution in [0.4, 0.5) is 0 Å². The van der Waals surface area contributed by atoms with Crippen LogP contribution in [0.2, 0.25) is 0 Å². The van der Waals surface area contributed by atoms with E-state index in [0.717, 1.165) is 18.4 Å². The average Bonchev–Trinajstić information content (AvgIpc) is 2.80. The first kappa shape index (κ1) is 13.3. The number of hydrogen-bond donors (Lipinski definition) is 1. The first-order valence-corrected chi connectivity index (χ1v) is 7.24. The van der Waals surface area contributed by atoms with Crippen molar-refractivity contribution in [1.82, 2.24) is 0 Å². The molecule has 0 aliphatic heterocycles. The predicted molar refractivity (Wildman–Crippen MR) is 78.3 cm³/mol. The number of thiophene rings is 1. The van der Waals surface area contributed by atoms with Crippen LogP contribution < -0.4 is 0 Å².